The first-order valence-electron chi connectivity index (χ1n) is 16.6. The molecule has 1 atom stereocenters. The Morgan fingerprint density at radius 2 is 1.44 bits per heavy atom. The van der Waals surface area contributed by atoms with E-state index in [1.807, 2.05) is 24.4 Å². The molecule has 0 amide bonds. The molecule has 0 bridgehead atoms. The Labute approximate surface area is 282 Å². The van der Waals surface area contributed by atoms with Gasteiger partial charge in [0.25, 0.3) is 0 Å². The summed E-state index contributed by atoms with van der Waals surface area (Å²) >= 11 is 0. The van der Waals surface area contributed by atoms with Crippen molar-refractivity contribution in [1.82, 2.24) is 9.97 Å². The summed E-state index contributed by atoms with van der Waals surface area (Å²) in [5, 5.41) is 2.54. The predicted molar refractivity (Wildman–Crippen MR) is 201 cm³/mol. The Balaban J connectivity index is 1.22. The fourth-order valence-corrected chi connectivity index (χ4v) is 7.08. The van der Waals surface area contributed by atoms with Gasteiger partial charge in [0.2, 0.25) is 0 Å². The van der Waals surface area contributed by atoms with Gasteiger partial charge in [-0.05, 0) is 98.8 Å². The highest BCUT2D eigenvalue weighted by atomic mass is 14.8. The fourth-order valence-electron chi connectivity index (χ4n) is 7.08. The van der Waals surface area contributed by atoms with Gasteiger partial charge in [0.15, 0.2) is 0 Å². The molecule has 2 heteroatoms. The number of hydrogen-bond donors (Lipinski definition) is 0. The van der Waals surface area contributed by atoms with Crippen molar-refractivity contribution in [1.29, 1.82) is 0 Å². The average molecular weight is 617 g/mol. The lowest BCUT2D eigenvalue weighted by Crippen LogP contribution is -2.01. The second-order valence-corrected chi connectivity index (χ2v) is 12.8. The SMILES string of the molecule is C=C1CC=CC=C(c2cc(-c3ccc(C4C=C(c5ccccc5)c5c(ccc6ccccc56)CC4=C)cc3)cc(-c3ccccn3)n2)C1. The Hall–Kier alpha value is -5.86. The molecule has 48 heavy (non-hydrogen) atoms. The average Bonchev–Trinajstić information content (AvgIpc) is 3.46. The van der Waals surface area contributed by atoms with Crippen LogP contribution in [0.3, 0.4) is 0 Å². The van der Waals surface area contributed by atoms with E-state index in [2.05, 4.69) is 146 Å². The molecular weight excluding hydrogens is 581 g/mol. The molecule has 2 aromatic heterocycles. The van der Waals surface area contributed by atoms with Crippen LogP contribution in [-0.2, 0) is 6.42 Å². The van der Waals surface area contributed by atoms with Crippen LogP contribution in [0.1, 0.15) is 46.7 Å². The molecule has 6 aromatic rings. The number of hydrogen-bond acceptors (Lipinski definition) is 2. The Bertz CT molecular complexity index is 2270. The van der Waals surface area contributed by atoms with Gasteiger partial charge in [0, 0.05) is 12.1 Å². The zero-order valence-electron chi connectivity index (χ0n) is 26.9. The van der Waals surface area contributed by atoms with Crippen molar-refractivity contribution in [2.24, 2.45) is 0 Å². The standard InChI is InChI=1S/C46H36N2/c1-31-12-6-7-16-37(26-31)44-28-39(29-45(48-44)43-18-10-11-25-47-43)33-19-21-36(22-20-33)41-30-42(34-13-4-3-5-14-34)46-38(27-32(41)2)24-23-35-15-8-9-17-40(35)46/h3-11,13-25,28-30,41H,1-2,12,26-27H2. The molecule has 4 aromatic carbocycles. The zero-order valence-corrected chi connectivity index (χ0v) is 26.9. The topological polar surface area (TPSA) is 25.8 Å². The molecule has 8 rings (SSSR count). The van der Waals surface area contributed by atoms with Gasteiger partial charge in [-0.15, -0.1) is 0 Å². The summed E-state index contributed by atoms with van der Waals surface area (Å²) in [7, 11) is 0. The van der Waals surface area contributed by atoms with Crippen molar-refractivity contribution in [3.05, 3.63) is 204 Å². The van der Waals surface area contributed by atoms with E-state index in [1.165, 1.54) is 55.3 Å². The van der Waals surface area contributed by atoms with Gasteiger partial charge < -0.3 is 0 Å². The summed E-state index contributed by atoms with van der Waals surface area (Å²) in [5.74, 6) is 0.0754. The summed E-state index contributed by atoms with van der Waals surface area (Å²) in [6, 6.07) is 43.4. The van der Waals surface area contributed by atoms with Crippen molar-refractivity contribution in [2.45, 2.75) is 25.2 Å². The third kappa shape index (κ3) is 5.78. The van der Waals surface area contributed by atoms with E-state index in [0.717, 1.165) is 47.5 Å². The highest BCUT2D eigenvalue weighted by Gasteiger charge is 2.24. The first-order chi connectivity index (χ1) is 23.6. The third-order valence-electron chi connectivity index (χ3n) is 9.53. The van der Waals surface area contributed by atoms with Gasteiger partial charge in [-0.2, -0.15) is 0 Å². The molecule has 0 spiro atoms. The molecule has 230 valence electrons. The molecule has 2 aliphatic rings. The molecule has 0 fully saturated rings. The normalized spacial score (nSPS) is 16.1. The van der Waals surface area contributed by atoms with E-state index in [4.69, 9.17) is 4.98 Å². The van der Waals surface area contributed by atoms with Crippen LogP contribution in [-0.4, -0.2) is 9.97 Å². The summed E-state index contributed by atoms with van der Waals surface area (Å²) < 4.78 is 0. The van der Waals surface area contributed by atoms with Crippen molar-refractivity contribution < 1.29 is 0 Å². The minimum atomic E-state index is 0.0754. The van der Waals surface area contributed by atoms with Gasteiger partial charge >= 0.3 is 0 Å². The van der Waals surface area contributed by atoms with Gasteiger partial charge in [-0.25, -0.2) is 4.98 Å². The largest absolute Gasteiger partial charge is 0.255 e. The molecular formula is C46H36N2. The highest BCUT2D eigenvalue weighted by molar-refractivity contribution is 6.00. The number of fused-ring (bicyclic) bond motifs is 3. The minimum absolute atomic E-state index is 0.0754. The number of rotatable bonds is 5. The van der Waals surface area contributed by atoms with Gasteiger partial charge in [0.1, 0.15) is 0 Å². The number of nitrogens with zero attached hydrogens (tertiary/aromatic N) is 2. The maximum Gasteiger partial charge on any atom is 0.0899 e. The van der Waals surface area contributed by atoms with E-state index < -0.39 is 0 Å². The zero-order chi connectivity index (χ0) is 32.5. The third-order valence-corrected chi connectivity index (χ3v) is 9.53. The van der Waals surface area contributed by atoms with Crippen LogP contribution in [0.5, 0.6) is 0 Å². The van der Waals surface area contributed by atoms with Crippen LogP contribution in [0.2, 0.25) is 0 Å². The summed E-state index contributed by atoms with van der Waals surface area (Å²) in [4.78, 5) is 9.73. The Morgan fingerprint density at radius 3 is 2.27 bits per heavy atom. The van der Waals surface area contributed by atoms with Crippen molar-refractivity contribution >= 4 is 21.9 Å². The summed E-state index contributed by atoms with van der Waals surface area (Å²) in [5.41, 5.74) is 14.9. The molecule has 0 aliphatic heterocycles. The van der Waals surface area contributed by atoms with E-state index in [-0.39, 0.29) is 5.92 Å². The van der Waals surface area contributed by atoms with Gasteiger partial charge in [-0.3, -0.25) is 4.98 Å². The molecule has 1 unspecified atom stereocenters. The molecule has 0 saturated carbocycles. The van der Waals surface area contributed by atoms with Crippen molar-refractivity contribution in [2.75, 3.05) is 0 Å². The van der Waals surface area contributed by atoms with Crippen LogP contribution in [0.25, 0.3) is 44.4 Å². The maximum atomic E-state index is 5.09. The predicted octanol–water partition coefficient (Wildman–Crippen LogP) is 11.6. The van der Waals surface area contributed by atoms with Gasteiger partial charge in [-0.1, -0.05) is 146 Å². The fraction of sp³-hybridized carbons (Fsp3) is 0.0870. The van der Waals surface area contributed by atoms with Crippen LogP contribution in [0, 0.1) is 0 Å². The minimum Gasteiger partial charge on any atom is -0.255 e. The quantitative estimate of drug-likeness (QED) is 0.180. The molecule has 0 radical (unpaired) electrons. The molecule has 2 heterocycles. The van der Waals surface area contributed by atoms with Crippen LogP contribution >= 0.6 is 0 Å². The summed E-state index contributed by atoms with van der Waals surface area (Å²) in [6.07, 6.45) is 13.2. The lowest BCUT2D eigenvalue weighted by Gasteiger charge is -2.17. The first kappa shape index (κ1) is 29.5. The molecule has 2 aliphatic carbocycles. The number of allylic oxidation sites excluding steroid dienone is 7. The first-order valence-corrected chi connectivity index (χ1v) is 16.6. The highest BCUT2D eigenvalue weighted by Crippen LogP contribution is 2.42. The maximum absolute atomic E-state index is 5.09. The smallest absolute Gasteiger partial charge is 0.0899 e. The second-order valence-electron chi connectivity index (χ2n) is 12.8. The van der Waals surface area contributed by atoms with E-state index in [9.17, 15) is 0 Å². The van der Waals surface area contributed by atoms with Crippen molar-refractivity contribution in [3.8, 4) is 22.5 Å². The van der Waals surface area contributed by atoms with Crippen LogP contribution < -0.4 is 0 Å². The van der Waals surface area contributed by atoms with E-state index >= 15 is 0 Å². The lowest BCUT2D eigenvalue weighted by atomic mass is 9.87. The monoisotopic (exact) mass is 616 g/mol. The van der Waals surface area contributed by atoms with Crippen LogP contribution in [0.4, 0.5) is 0 Å². The summed E-state index contributed by atoms with van der Waals surface area (Å²) in [6.45, 7) is 8.95. The second kappa shape index (κ2) is 12.7. The number of aromatic nitrogens is 2. The molecule has 0 N–H and O–H groups in total. The van der Waals surface area contributed by atoms with Crippen molar-refractivity contribution in [3.63, 3.8) is 0 Å². The lowest BCUT2D eigenvalue weighted by molar-refractivity contribution is 0.947. The van der Waals surface area contributed by atoms with E-state index in [0.29, 0.717) is 0 Å². The Kier molecular flexibility index (Phi) is 7.84. The van der Waals surface area contributed by atoms with Crippen LogP contribution in [0.15, 0.2) is 176 Å². The number of benzene rings is 4. The molecule has 0 saturated heterocycles. The molecule has 2 nitrogen and oxygen atoms in total. The van der Waals surface area contributed by atoms with E-state index in [1.54, 1.807) is 0 Å². The Morgan fingerprint density at radius 1 is 0.646 bits per heavy atom. The van der Waals surface area contributed by atoms with Gasteiger partial charge in [0.05, 0.1) is 17.1 Å². The number of pyridine rings is 2.